The quantitative estimate of drug-likeness (QED) is 0.716. The van der Waals surface area contributed by atoms with Crippen molar-refractivity contribution in [2.24, 2.45) is 0 Å². The van der Waals surface area contributed by atoms with E-state index in [9.17, 15) is 9.90 Å². The summed E-state index contributed by atoms with van der Waals surface area (Å²) in [6.45, 7) is 20.5. The Morgan fingerprint density at radius 2 is 1.81 bits per heavy atom. The van der Waals surface area contributed by atoms with E-state index in [1.165, 1.54) is 0 Å². The summed E-state index contributed by atoms with van der Waals surface area (Å²) in [7, 11) is -2.08. The van der Waals surface area contributed by atoms with Gasteiger partial charge in [0.15, 0.2) is 8.32 Å². The molecule has 1 rings (SSSR count). The van der Waals surface area contributed by atoms with Crippen LogP contribution < -0.4 is 0 Å². The molecule has 1 amide bonds. The Balaban J connectivity index is 3.13. The van der Waals surface area contributed by atoms with Crippen LogP contribution in [0.1, 0.15) is 61.8 Å². The second-order valence-corrected chi connectivity index (χ2v) is 14.9. The molecule has 2 atom stereocenters. The number of amides is 1. The molecule has 7 heteroatoms. The molecule has 1 heterocycles. The average molecular weight is 390 g/mol. The van der Waals surface area contributed by atoms with Crippen LogP contribution in [0.5, 0.6) is 0 Å². The molecule has 26 heavy (non-hydrogen) atoms. The molecule has 1 aliphatic heterocycles. The van der Waals surface area contributed by atoms with Crippen LogP contribution in [0.2, 0.25) is 18.1 Å². The van der Waals surface area contributed by atoms with Crippen LogP contribution in [0.4, 0.5) is 4.79 Å². The summed E-state index contributed by atoms with van der Waals surface area (Å²) in [6.07, 6.45) is -0.252. The van der Waals surface area contributed by atoms with Crippen molar-refractivity contribution in [3.05, 3.63) is 0 Å². The van der Waals surface area contributed by atoms with E-state index >= 15 is 0 Å². The molecule has 0 aliphatic carbocycles. The zero-order valence-corrected chi connectivity index (χ0v) is 19.3. The van der Waals surface area contributed by atoms with Crippen LogP contribution in [0.3, 0.4) is 0 Å². The first-order valence-electron chi connectivity index (χ1n) is 9.47. The number of aliphatic hydroxyl groups is 1. The molecule has 6 nitrogen and oxygen atoms in total. The zero-order chi connectivity index (χ0) is 20.6. The lowest BCUT2D eigenvalue weighted by molar-refractivity contribution is -0.0679. The van der Waals surface area contributed by atoms with E-state index in [2.05, 4.69) is 33.9 Å². The zero-order valence-electron chi connectivity index (χ0n) is 18.3. The molecule has 1 aliphatic rings. The van der Waals surface area contributed by atoms with E-state index in [0.717, 1.165) is 0 Å². The third kappa shape index (κ3) is 5.68. The van der Waals surface area contributed by atoms with Gasteiger partial charge in [0.2, 0.25) is 0 Å². The van der Waals surface area contributed by atoms with E-state index in [4.69, 9.17) is 13.9 Å². The van der Waals surface area contributed by atoms with Crippen LogP contribution in [0.15, 0.2) is 0 Å². The Kier molecular flexibility index (Phi) is 7.00. The Labute approximate surface area is 160 Å². The molecule has 0 bridgehead atoms. The Bertz CT molecular complexity index is 493. The average Bonchev–Trinajstić information content (AvgIpc) is 2.70. The summed E-state index contributed by atoms with van der Waals surface area (Å²) in [5, 5.41) is 9.63. The molecule has 154 valence electrons. The SMILES string of the molecule is CC(C)(C)OC(=O)N1[C@@H]([C@@H](CCO)O[Si](C)(C)C(C)(C)C)COC1(C)C. The summed E-state index contributed by atoms with van der Waals surface area (Å²) >= 11 is 0. The number of ether oxygens (including phenoxy) is 2. The lowest BCUT2D eigenvalue weighted by Gasteiger charge is -2.43. The van der Waals surface area contributed by atoms with Crippen molar-refractivity contribution >= 4 is 14.4 Å². The fraction of sp³-hybridized carbons (Fsp3) is 0.947. The van der Waals surface area contributed by atoms with Crippen LogP contribution >= 0.6 is 0 Å². The molecular weight excluding hydrogens is 350 g/mol. The molecule has 0 aromatic carbocycles. The van der Waals surface area contributed by atoms with Gasteiger partial charge in [0.25, 0.3) is 0 Å². The number of rotatable bonds is 5. The van der Waals surface area contributed by atoms with Gasteiger partial charge in [0.05, 0.1) is 18.8 Å². The summed E-state index contributed by atoms with van der Waals surface area (Å²) in [4.78, 5) is 14.5. The van der Waals surface area contributed by atoms with E-state index < -0.39 is 25.7 Å². The monoisotopic (exact) mass is 389 g/mol. The minimum Gasteiger partial charge on any atom is -0.444 e. The fourth-order valence-electron chi connectivity index (χ4n) is 2.78. The molecule has 1 fully saturated rings. The van der Waals surface area contributed by atoms with Crippen molar-refractivity contribution < 1.29 is 23.8 Å². The number of carbonyl (C=O) groups excluding carboxylic acids is 1. The highest BCUT2D eigenvalue weighted by atomic mass is 28.4. The highest BCUT2D eigenvalue weighted by molar-refractivity contribution is 6.74. The summed E-state index contributed by atoms with van der Waals surface area (Å²) in [6, 6.07) is -0.291. The number of hydrogen-bond acceptors (Lipinski definition) is 5. The van der Waals surface area contributed by atoms with Gasteiger partial charge < -0.3 is 19.0 Å². The van der Waals surface area contributed by atoms with Crippen molar-refractivity contribution in [2.75, 3.05) is 13.2 Å². The predicted octanol–water partition coefficient (Wildman–Crippen LogP) is 4.13. The first kappa shape index (κ1) is 23.4. The van der Waals surface area contributed by atoms with Gasteiger partial charge in [-0.05, 0) is 59.2 Å². The number of hydrogen-bond donors (Lipinski definition) is 1. The van der Waals surface area contributed by atoms with Gasteiger partial charge in [-0.2, -0.15) is 0 Å². The maximum Gasteiger partial charge on any atom is 0.412 e. The predicted molar refractivity (Wildman–Crippen MR) is 106 cm³/mol. The first-order chi connectivity index (χ1) is 11.5. The molecule has 1 saturated heterocycles. The number of nitrogens with zero attached hydrogens (tertiary/aromatic N) is 1. The number of carbonyl (C=O) groups is 1. The van der Waals surface area contributed by atoms with E-state index in [1.807, 2.05) is 34.6 Å². The third-order valence-electron chi connectivity index (χ3n) is 5.20. The maximum atomic E-state index is 12.9. The lowest BCUT2D eigenvalue weighted by atomic mass is 10.1. The van der Waals surface area contributed by atoms with Gasteiger partial charge in [-0.3, -0.25) is 4.90 Å². The highest BCUT2D eigenvalue weighted by Crippen LogP contribution is 2.40. The molecule has 0 unspecified atom stereocenters. The van der Waals surface area contributed by atoms with Gasteiger partial charge in [0.1, 0.15) is 11.3 Å². The van der Waals surface area contributed by atoms with Crippen LogP contribution in [-0.2, 0) is 13.9 Å². The highest BCUT2D eigenvalue weighted by Gasteiger charge is 2.50. The molecule has 0 radical (unpaired) electrons. The van der Waals surface area contributed by atoms with E-state index in [1.54, 1.807) is 4.90 Å². The minimum absolute atomic E-state index is 0.00161. The Morgan fingerprint density at radius 1 is 1.27 bits per heavy atom. The van der Waals surface area contributed by atoms with Gasteiger partial charge in [-0.15, -0.1) is 0 Å². The summed E-state index contributed by atoms with van der Waals surface area (Å²) in [5.74, 6) is 0. The van der Waals surface area contributed by atoms with Crippen LogP contribution in [0.25, 0.3) is 0 Å². The first-order valence-corrected chi connectivity index (χ1v) is 12.4. The third-order valence-corrected chi connectivity index (χ3v) is 9.71. The van der Waals surface area contributed by atoms with Crippen molar-refractivity contribution in [3.63, 3.8) is 0 Å². The topological polar surface area (TPSA) is 68.2 Å². The largest absolute Gasteiger partial charge is 0.444 e. The summed E-state index contributed by atoms with van der Waals surface area (Å²) < 4.78 is 18.1. The second kappa shape index (κ2) is 7.77. The smallest absolute Gasteiger partial charge is 0.412 e. The van der Waals surface area contributed by atoms with E-state index in [0.29, 0.717) is 13.0 Å². The Morgan fingerprint density at radius 3 is 2.23 bits per heavy atom. The van der Waals surface area contributed by atoms with Crippen LogP contribution in [0, 0.1) is 0 Å². The molecule has 0 aromatic heterocycles. The molecule has 0 aromatic rings. The standard InChI is InChI=1S/C19H39NO5Si/c1-17(2,3)24-16(22)20-14(13-23-19(20,7)8)15(11-12-21)25-26(9,10)18(4,5)6/h14-15,21H,11-13H2,1-10H3/t14-,15-/m1/s1. The minimum atomic E-state index is -2.08. The van der Waals surface area contributed by atoms with Gasteiger partial charge in [0, 0.05) is 6.61 Å². The van der Waals surface area contributed by atoms with Gasteiger partial charge in [-0.25, -0.2) is 4.79 Å². The second-order valence-electron chi connectivity index (χ2n) is 10.1. The van der Waals surface area contributed by atoms with Crippen molar-refractivity contribution in [1.82, 2.24) is 4.90 Å². The fourth-order valence-corrected chi connectivity index (χ4v) is 4.17. The summed E-state index contributed by atoms with van der Waals surface area (Å²) in [5.41, 5.74) is -1.37. The lowest BCUT2D eigenvalue weighted by Crippen LogP contribution is -2.56. The maximum absolute atomic E-state index is 12.9. The normalized spacial score (nSPS) is 22.4. The molecular formula is C19H39NO5Si. The number of aliphatic hydroxyl groups excluding tert-OH is 1. The van der Waals surface area contributed by atoms with Crippen LogP contribution in [-0.4, -0.2) is 61.1 Å². The Hall–Kier alpha value is -0.633. The van der Waals surface area contributed by atoms with Crippen molar-refractivity contribution in [3.8, 4) is 0 Å². The molecule has 1 N–H and O–H groups in total. The van der Waals surface area contributed by atoms with Crippen molar-refractivity contribution in [1.29, 1.82) is 0 Å². The molecule has 0 spiro atoms. The van der Waals surface area contributed by atoms with E-state index in [-0.39, 0.29) is 23.8 Å². The molecule has 0 saturated carbocycles. The van der Waals surface area contributed by atoms with Gasteiger partial charge >= 0.3 is 6.09 Å². The van der Waals surface area contributed by atoms with Gasteiger partial charge in [-0.1, -0.05) is 20.8 Å². The van der Waals surface area contributed by atoms with Crippen molar-refractivity contribution in [2.45, 2.75) is 103 Å².